The minimum absolute atomic E-state index is 0.573. The van der Waals surface area contributed by atoms with Gasteiger partial charge >= 0.3 is 0 Å². The van der Waals surface area contributed by atoms with Gasteiger partial charge in [0.2, 0.25) is 0 Å². The molecule has 0 saturated heterocycles. The molecule has 0 radical (unpaired) electrons. The summed E-state index contributed by atoms with van der Waals surface area (Å²) in [5, 5.41) is 0. The Morgan fingerprint density at radius 1 is 1.00 bits per heavy atom. The lowest BCUT2D eigenvalue weighted by Crippen LogP contribution is -2.05. The molecule has 100 valence electrons. The summed E-state index contributed by atoms with van der Waals surface area (Å²) in [5.74, 6) is 1.18. The predicted molar refractivity (Wildman–Crippen MR) is 82.7 cm³/mol. The average Bonchev–Trinajstić information content (AvgIpc) is 2.82. The van der Waals surface area contributed by atoms with Gasteiger partial charge in [0.1, 0.15) is 0 Å². The van der Waals surface area contributed by atoms with Gasteiger partial charge < -0.3 is 0 Å². The van der Waals surface area contributed by atoms with Crippen molar-refractivity contribution in [2.45, 2.75) is 52.9 Å². The lowest BCUT2D eigenvalue weighted by atomic mass is 9.86. The van der Waals surface area contributed by atoms with Crippen LogP contribution in [0.25, 0.3) is 5.70 Å². The van der Waals surface area contributed by atoms with E-state index in [9.17, 15) is 0 Å². The van der Waals surface area contributed by atoms with Crippen molar-refractivity contribution in [1.82, 2.24) is 0 Å². The molecule has 1 aromatic rings. The third-order valence-corrected chi connectivity index (χ3v) is 4.40. The van der Waals surface area contributed by atoms with Crippen LogP contribution in [0, 0.1) is 5.92 Å². The highest BCUT2D eigenvalue weighted by atomic mass is 14.8. The van der Waals surface area contributed by atoms with Crippen molar-refractivity contribution in [3.63, 3.8) is 0 Å². The number of hydrogen-bond donors (Lipinski definition) is 0. The molecule has 1 aliphatic carbocycles. The number of fused-ring (bicyclic) bond motifs is 2. The molecular weight excluding hydrogens is 230 g/mol. The lowest BCUT2D eigenvalue weighted by molar-refractivity contribution is 0.841. The van der Waals surface area contributed by atoms with E-state index in [2.05, 4.69) is 45.9 Å². The fourth-order valence-electron chi connectivity index (χ4n) is 3.05. The van der Waals surface area contributed by atoms with Gasteiger partial charge in [-0.25, -0.2) is 0 Å². The van der Waals surface area contributed by atoms with Gasteiger partial charge in [-0.1, -0.05) is 45.9 Å². The molecule has 1 heteroatoms. The van der Waals surface area contributed by atoms with E-state index < -0.39 is 0 Å². The summed E-state index contributed by atoms with van der Waals surface area (Å²) in [6.45, 7) is 9.03. The Kier molecular flexibility index (Phi) is 3.08. The third-order valence-electron chi connectivity index (χ3n) is 4.40. The Morgan fingerprint density at radius 3 is 2.47 bits per heavy atom. The van der Waals surface area contributed by atoms with Crippen LogP contribution < -0.4 is 0 Å². The average molecular weight is 253 g/mol. The molecule has 1 aromatic carbocycles. The van der Waals surface area contributed by atoms with Crippen molar-refractivity contribution >= 4 is 11.4 Å². The molecule has 2 aliphatic rings. The van der Waals surface area contributed by atoms with E-state index in [0.29, 0.717) is 11.8 Å². The monoisotopic (exact) mass is 253 g/mol. The van der Waals surface area contributed by atoms with Crippen LogP contribution >= 0.6 is 0 Å². The molecule has 0 fully saturated rings. The summed E-state index contributed by atoms with van der Waals surface area (Å²) in [6.07, 6.45) is 3.50. The summed E-state index contributed by atoms with van der Waals surface area (Å²) in [4.78, 5) is 4.92. The highest BCUT2D eigenvalue weighted by molar-refractivity contribution is 5.99. The molecule has 3 rings (SSSR count). The van der Waals surface area contributed by atoms with E-state index >= 15 is 0 Å². The molecule has 1 aliphatic heterocycles. The molecular formula is C18H23N. The van der Waals surface area contributed by atoms with E-state index in [1.165, 1.54) is 40.9 Å². The number of hydrogen-bond acceptors (Lipinski definition) is 1. The number of aliphatic imine (C=N–C) groups is 1. The van der Waals surface area contributed by atoms with E-state index in [-0.39, 0.29) is 0 Å². The molecule has 0 bridgehead atoms. The smallest absolute Gasteiger partial charge is 0.0700 e. The van der Waals surface area contributed by atoms with E-state index in [1.54, 1.807) is 5.57 Å². The molecule has 1 nitrogen and oxygen atoms in total. The highest BCUT2D eigenvalue weighted by Crippen LogP contribution is 2.39. The second kappa shape index (κ2) is 4.63. The third kappa shape index (κ3) is 2.16. The van der Waals surface area contributed by atoms with Crippen LogP contribution in [0.2, 0.25) is 0 Å². The first-order valence-electron chi connectivity index (χ1n) is 7.49. The summed E-state index contributed by atoms with van der Waals surface area (Å²) in [5.41, 5.74) is 8.56. The molecule has 0 saturated carbocycles. The zero-order valence-corrected chi connectivity index (χ0v) is 12.5. The van der Waals surface area contributed by atoms with Crippen LogP contribution in [0.15, 0.2) is 28.8 Å². The highest BCUT2D eigenvalue weighted by Gasteiger charge is 2.26. The molecule has 0 spiro atoms. The van der Waals surface area contributed by atoms with Crippen LogP contribution in [0.5, 0.6) is 0 Å². The predicted octanol–water partition coefficient (Wildman–Crippen LogP) is 4.97. The summed E-state index contributed by atoms with van der Waals surface area (Å²) < 4.78 is 0. The molecule has 0 N–H and O–H groups in total. The van der Waals surface area contributed by atoms with Crippen LogP contribution in [0.3, 0.4) is 0 Å². The molecule has 19 heavy (non-hydrogen) atoms. The molecule has 1 heterocycles. The van der Waals surface area contributed by atoms with Crippen molar-refractivity contribution in [2.75, 3.05) is 0 Å². The van der Waals surface area contributed by atoms with Gasteiger partial charge in [0.15, 0.2) is 0 Å². The van der Waals surface area contributed by atoms with Gasteiger partial charge in [-0.05, 0) is 41.4 Å². The zero-order chi connectivity index (χ0) is 13.6. The van der Waals surface area contributed by atoms with Crippen molar-refractivity contribution in [3.8, 4) is 0 Å². The van der Waals surface area contributed by atoms with Crippen molar-refractivity contribution in [1.29, 1.82) is 0 Å². The minimum atomic E-state index is 0.573. The second-order valence-corrected chi connectivity index (χ2v) is 6.46. The number of nitrogens with zero attached hydrogens (tertiary/aromatic N) is 1. The topological polar surface area (TPSA) is 12.4 Å². The summed E-state index contributed by atoms with van der Waals surface area (Å²) in [7, 11) is 0. The fraction of sp³-hybridized carbons (Fsp3) is 0.500. The van der Waals surface area contributed by atoms with Crippen molar-refractivity contribution in [3.05, 3.63) is 40.5 Å². The van der Waals surface area contributed by atoms with Crippen LogP contribution in [0.4, 0.5) is 0 Å². The normalized spacial score (nSPS) is 17.9. The maximum Gasteiger partial charge on any atom is 0.0700 e. The van der Waals surface area contributed by atoms with E-state index in [0.717, 1.165) is 6.42 Å². The minimum Gasteiger partial charge on any atom is -0.257 e. The lowest BCUT2D eigenvalue weighted by Gasteiger charge is -2.19. The van der Waals surface area contributed by atoms with Crippen LogP contribution in [-0.2, 0) is 6.42 Å². The van der Waals surface area contributed by atoms with Crippen molar-refractivity contribution in [2.24, 2.45) is 10.9 Å². The van der Waals surface area contributed by atoms with Gasteiger partial charge in [-0.15, -0.1) is 0 Å². The Morgan fingerprint density at radius 2 is 1.79 bits per heavy atom. The quantitative estimate of drug-likeness (QED) is 0.705. The Labute approximate surface area is 116 Å². The van der Waals surface area contributed by atoms with Gasteiger partial charge in [0.05, 0.1) is 5.70 Å². The number of benzene rings is 1. The maximum atomic E-state index is 4.92. The largest absolute Gasteiger partial charge is 0.257 e. The zero-order valence-electron chi connectivity index (χ0n) is 12.5. The molecule has 0 unspecified atom stereocenters. The molecule has 0 amide bonds. The van der Waals surface area contributed by atoms with Crippen LogP contribution in [0.1, 0.15) is 63.1 Å². The summed E-state index contributed by atoms with van der Waals surface area (Å²) >= 11 is 0. The number of aryl methyl sites for hydroxylation is 1. The fourth-order valence-corrected chi connectivity index (χ4v) is 3.05. The van der Waals surface area contributed by atoms with Crippen LogP contribution in [-0.4, -0.2) is 5.71 Å². The van der Waals surface area contributed by atoms with E-state index in [1.807, 2.05) is 0 Å². The van der Waals surface area contributed by atoms with E-state index in [4.69, 9.17) is 4.99 Å². The molecule has 0 atom stereocenters. The van der Waals surface area contributed by atoms with Gasteiger partial charge in [-0.3, -0.25) is 4.99 Å². The number of rotatable bonds is 2. The Balaban J connectivity index is 2.02. The van der Waals surface area contributed by atoms with Gasteiger partial charge in [0, 0.05) is 17.7 Å². The second-order valence-electron chi connectivity index (χ2n) is 6.46. The molecule has 0 aromatic heterocycles. The van der Waals surface area contributed by atoms with Gasteiger partial charge in [0.25, 0.3) is 0 Å². The van der Waals surface area contributed by atoms with Gasteiger partial charge in [-0.2, -0.15) is 0 Å². The first-order valence-corrected chi connectivity index (χ1v) is 7.49. The Hall–Kier alpha value is -1.37. The number of allylic oxidation sites excluding steroid dienone is 1. The first-order chi connectivity index (χ1) is 9.06. The van der Waals surface area contributed by atoms with Crippen molar-refractivity contribution < 1.29 is 0 Å². The maximum absolute atomic E-state index is 4.92. The standard InChI is InChI=1S/C18H23N/c1-11(2)13-7-8-16-14(9-13)5-6-15-10-17(12(3)4)19-18(15)16/h7-9,11-12H,5-6,10H2,1-4H3. The first kappa shape index (κ1) is 12.7. The summed E-state index contributed by atoms with van der Waals surface area (Å²) in [6, 6.07) is 6.97. The Bertz CT molecular complexity index is 573. The SMILES string of the molecule is CC(C)C1=NC2=C(CCc3cc(C(C)C)ccc32)C1.